The van der Waals surface area contributed by atoms with Gasteiger partial charge in [-0.3, -0.25) is 4.79 Å². The third kappa shape index (κ3) is 5.55. The molecule has 2 atom stereocenters. The van der Waals surface area contributed by atoms with Crippen molar-refractivity contribution < 1.29 is 23.8 Å². The number of aliphatic hydroxyl groups excluding tert-OH is 1. The summed E-state index contributed by atoms with van der Waals surface area (Å²) in [6.07, 6.45) is 2.69. The molecule has 1 aliphatic carbocycles. The number of carbonyl (C=O) groups is 1. The summed E-state index contributed by atoms with van der Waals surface area (Å²) in [7, 11) is 0. The van der Waals surface area contributed by atoms with Crippen molar-refractivity contribution in [2.45, 2.75) is 44.8 Å². The van der Waals surface area contributed by atoms with E-state index in [0.717, 1.165) is 23.1 Å². The van der Waals surface area contributed by atoms with Gasteiger partial charge in [0.05, 0.1) is 13.2 Å². The molecule has 4 aromatic rings. The van der Waals surface area contributed by atoms with Crippen LogP contribution in [0.3, 0.4) is 0 Å². The molecule has 0 spiro atoms. The van der Waals surface area contributed by atoms with Gasteiger partial charge < -0.3 is 19.9 Å². The van der Waals surface area contributed by atoms with Crippen molar-refractivity contribution in [3.63, 3.8) is 0 Å². The predicted octanol–water partition coefficient (Wildman–Crippen LogP) is 6.14. The number of hydrogen-bond donors (Lipinski definition) is 2. The second-order valence-corrected chi connectivity index (χ2v) is 10.2. The second kappa shape index (κ2) is 11.5. The molecule has 0 fully saturated rings. The van der Waals surface area contributed by atoms with E-state index < -0.39 is 6.29 Å². The number of halogens is 1. The van der Waals surface area contributed by atoms with E-state index >= 15 is 0 Å². The maximum atomic E-state index is 13.3. The van der Waals surface area contributed by atoms with Crippen molar-refractivity contribution in [2.24, 2.45) is 0 Å². The average Bonchev–Trinajstić information content (AvgIpc) is 3.38. The fourth-order valence-corrected chi connectivity index (χ4v) is 5.47. The Balaban J connectivity index is 1.25. The van der Waals surface area contributed by atoms with Gasteiger partial charge in [0.1, 0.15) is 5.82 Å². The zero-order valence-corrected chi connectivity index (χ0v) is 22.0. The molecule has 1 heterocycles. The highest BCUT2D eigenvalue weighted by Gasteiger charge is 2.32. The summed E-state index contributed by atoms with van der Waals surface area (Å²) in [6, 6.07) is 28.4. The van der Waals surface area contributed by atoms with Crippen LogP contribution in [0.4, 0.5) is 4.39 Å². The van der Waals surface area contributed by atoms with E-state index in [0.29, 0.717) is 13.0 Å². The number of nitrogens with one attached hydrogen (secondary N) is 1. The molecule has 2 aliphatic rings. The summed E-state index contributed by atoms with van der Waals surface area (Å²) in [5.41, 5.74) is 8.81. The Bertz CT molecular complexity index is 1550. The van der Waals surface area contributed by atoms with Crippen LogP contribution in [0.2, 0.25) is 0 Å². The lowest BCUT2D eigenvalue weighted by molar-refractivity contribution is -0.150. The Kier molecular flexibility index (Phi) is 7.45. The van der Waals surface area contributed by atoms with Crippen LogP contribution in [0.25, 0.3) is 11.1 Å². The molecule has 6 heteroatoms. The normalized spacial score (nSPS) is 17.4. The number of rotatable bonds is 8. The van der Waals surface area contributed by atoms with Crippen LogP contribution in [0.5, 0.6) is 0 Å². The summed E-state index contributed by atoms with van der Waals surface area (Å²) < 4.78 is 25.6. The first-order valence-corrected chi connectivity index (χ1v) is 13.5. The lowest BCUT2D eigenvalue weighted by Gasteiger charge is -2.30. The standard InChI is InChI=1S/C34H30FNO4/c35-27-14-12-22(13-15-27)19-36-34(38)32-17-26(18-33(40-32)39-21-24-10-8-23(20-37)9-11-24)29-6-3-7-30-28-5-2-1-4-25(28)16-31(29)30/h1-15,17,26,33,37H,16,18-21H2,(H,36,38)/t26-,33+/m0/s1. The van der Waals surface area contributed by atoms with E-state index in [4.69, 9.17) is 9.47 Å². The molecule has 0 radical (unpaired) electrons. The van der Waals surface area contributed by atoms with Crippen LogP contribution in [-0.4, -0.2) is 17.3 Å². The van der Waals surface area contributed by atoms with Crippen LogP contribution in [0.15, 0.2) is 103 Å². The first-order chi connectivity index (χ1) is 19.6. The maximum Gasteiger partial charge on any atom is 0.286 e. The van der Waals surface area contributed by atoms with Crippen LogP contribution in [0.1, 0.15) is 45.7 Å². The largest absolute Gasteiger partial charge is 0.459 e. The SMILES string of the molecule is O=C(NCc1ccc(F)cc1)C1=C[C@H](c2cccc3c2Cc2ccccc2-3)C[C@H](OCc2ccc(CO)cc2)O1. The minimum atomic E-state index is -0.626. The molecule has 0 unspecified atom stereocenters. The number of benzene rings is 4. The summed E-state index contributed by atoms with van der Waals surface area (Å²) in [4.78, 5) is 13.3. The molecule has 1 amide bonds. The first-order valence-electron chi connectivity index (χ1n) is 13.5. The third-order valence-corrected chi connectivity index (χ3v) is 7.58. The highest BCUT2D eigenvalue weighted by atomic mass is 19.1. The third-order valence-electron chi connectivity index (χ3n) is 7.58. The Labute approximate surface area is 232 Å². The molecule has 5 nitrogen and oxygen atoms in total. The van der Waals surface area contributed by atoms with E-state index in [1.165, 1.54) is 39.9 Å². The Morgan fingerprint density at radius 3 is 2.42 bits per heavy atom. The van der Waals surface area contributed by atoms with Crippen LogP contribution >= 0.6 is 0 Å². The quantitative estimate of drug-likeness (QED) is 0.251. The summed E-state index contributed by atoms with van der Waals surface area (Å²) >= 11 is 0. The Morgan fingerprint density at radius 1 is 0.900 bits per heavy atom. The molecule has 0 saturated carbocycles. The first kappa shape index (κ1) is 26.0. The molecule has 202 valence electrons. The van der Waals surface area contributed by atoms with Crippen molar-refractivity contribution in [2.75, 3.05) is 0 Å². The van der Waals surface area contributed by atoms with Gasteiger partial charge in [0.25, 0.3) is 5.91 Å². The monoisotopic (exact) mass is 535 g/mol. The molecule has 0 aromatic heterocycles. The minimum absolute atomic E-state index is 0.0129. The fourth-order valence-electron chi connectivity index (χ4n) is 5.47. The number of amides is 1. The van der Waals surface area contributed by atoms with Crippen LogP contribution < -0.4 is 5.32 Å². The summed E-state index contributed by atoms with van der Waals surface area (Å²) in [5, 5.41) is 12.2. The topological polar surface area (TPSA) is 67.8 Å². The number of fused-ring (bicyclic) bond motifs is 3. The van der Waals surface area contributed by atoms with E-state index in [2.05, 4.69) is 47.8 Å². The number of allylic oxidation sites excluding steroid dienone is 1. The number of carbonyl (C=O) groups excluding carboxylic acids is 1. The van der Waals surface area contributed by atoms with Crippen molar-refractivity contribution in [3.8, 4) is 11.1 Å². The zero-order chi connectivity index (χ0) is 27.5. The minimum Gasteiger partial charge on any atom is -0.459 e. The molecule has 6 rings (SSSR count). The number of aliphatic hydroxyl groups is 1. The zero-order valence-electron chi connectivity index (χ0n) is 22.0. The molecular formula is C34H30FNO4. The molecule has 0 saturated heterocycles. The van der Waals surface area contributed by atoms with E-state index in [1.807, 2.05) is 30.3 Å². The molecule has 1 aliphatic heterocycles. The van der Waals surface area contributed by atoms with Crippen molar-refractivity contribution in [1.82, 2.24) is 5.32 Å². The fraction of sp³-hybridized carbons (Fsp3) is 0.206. The van der Waals surface area contributed by atoms with Crippen molar-refractivity contribution in [3.05, 3.63) is 142 Å². The molecule has 0 bridgehead atoms. The van der Waals surface area contributed by atoms with Crippen molar-refractivity contribution in [1.29, 1.82) is 0 Å². The van der Waals surface area contributed by atoms with E-state index in [-0.39, 0.29) is 36.6 Å². The highest BCUT2D eigenvalue weighted by Crippen LogP contribution is 2.43. The molecule has 40 heavy (non-hydrogen) atoms. The lowest BCUT2D eigenvalue weighted by Crippen LogP contribution is -2.32. The van der Waals surface area contributed by atoms with Gasteiger partial charge >= 0.3 is 0 Å². The van der Waals surface area contributed by atoms with Gasteiger partial charge in [-0.25, -0.2) is 4.39 Å². The molecular weight excluding hydrogens is 505 g/mol. The number of ether oxygens (including phenoxy) is 2. The van der Waals surface area contributed by atoms with Gasteiger partial charge in [-0.1, -0.05) is 78.9 Å². The van der Waals surface area contributed by atoms with Crippen LogP contribution in [0, 0.1) is 5.82 Å². The van der Waals surface area contributed by atoms with Gasteiger partial charge in [0.15, 0.2) is 5.76 Å². The second-order valence-electron chi connectivity index (χ2n) is 10.2. The van der Waals surface area contributed by atoms with Crippen LogP contribution in [-0.2, 0) is 40.4 Å². The smallest absolute Gasteiger partial charge is 0.286 e. The van der Waals surface area contributed by atoms with Gasteiger partial charge in [0, 0.05) is 18.9 Å². The molecule has 2 N–H and O–H groups in total. The van der Waals surface area contributed by atoms with Crippen molar-refractivity contribution >= 4 is 5.91 Å². The van der Waals surface area contributed by atoms with Gasteiger partial charge in [-0.2, -0.15) is 0 Å². The summed E-state index contributed by atoms with van der Waals surface area (Å²) in [5.74, 6) is -0.524. The predicted molar refractivity (Wildman–Crippen MR) is 150 cm³/mol. The summed E-state index contributed by atoms with van der Waals surface area (Å²) in [6.45, 7) is 0.552. The lowest BCUT2D eigenvalue weighted by atomic mass is 9.87. The van der Waals surface area contributed by atoms with Gasteiger partial charge in [-0.05, 0) is 69.1 Å². The van der Waals surface area contributed by atoms with E-state index in [9.17, 15) is 14.3 Å². The van der Waals surface area contributed by atoms with E-state index in [1.54, 1.807) is 12.1 Å². The molecule has 4 aromatic carbocycles. The highest BCUT2D eigenvalue weighted by molar-refractivity contribution is 5.91. The average molecular weight is 536 g/mol. The van der Waals surface area contributed by atoms with Gasteiger partial charge in [-0.15, -0.1) is 0 Å². The Morgan fingerprint density at radius 2 is 1.62 bits per heavy atom. The Hall–Kier alpha value is -4.26. The maximum absolute atomic E-state index is 13.3. The number of hydrogen-bond acceptors (Lipinski definition) is 4. The van der Waals surface area contributed by atoms with Gasteiger partial charge in [0.2, 0.25) is 6.29 Å².